The standard InChI is InChI=1S/C25H22N2O4/c1-16-10-12-17(13-11-16)22-23(26-18-6-4-8-20(14-18)30-2)25(29)27(24(22)28)19-7-5-9-21(15-19)31-3/h4-15,26H,1-3H3. The fourth-order valence-electron chi connectivity index (χ4n) is 3.46. The van der Waals surface area contributed by atoms with Gasteiger partial charge in [-0.25, -0.2) is 4.90 Å². The van der Waals surface area contributed by atoms with Gasteiger partial charge in [0.1, 0.15) is 17.2 Å². The average molecular weight is 414 g/mol. The number of nitrogens with one attached hydrogen (secondary N) is 1. The number of amides is 2. The zero-order chi connectivity index (χ0) is 22.0. The summed E-state index contributed by atoms with van der Waals surface area (Å²) in [7, 11) is 3.11. The Morgan fingerprint density at radius 1 is 0.774 bits per heavy atom. The molecule has 0 saturated carbocycles. The van der Waals surface area contributed by atoms with Crippen LogP contribution in [0.2, 0.25) is 0 Å². The zero-order valence-electron chi connectivity index (χ0n) is 17.5. The van der Waals surface area contributed by atoms with Crippen molar-refractivity contribution in [3.05, 3.63) is 89.6 Å². The van der Waals surface area contributed by atoms with Gasteiger partial charge in [-0.3, -0.25) is 9.59 Å². The molecular weight excluding hydrogens is 392 g/mol. The lowest BCUT2D eigenvalue weighted by Gasteiger charge is -2.16. The number of aryl methyl sites for hydroxylation is 1. The molecule has 1 aliphatic heterocycles. The summed E-state index contributed by atoms with van der Waals surface area (Å²) >= 11 is 0. The molecule has 0 aliphatic carbocycles. The maximum absolute atomic E-state index is 13.5. The molecule has 6 heteroatoms. The molecule has 0 radical (unpaired) electrons. The highest BCUT2D eigenvalue weighted by molar-refractivity contribution is 6.46. The van der Waals surface area contributed by atoms with Crippen LogP contribution in [0, 0.1) is 6.92 Å². The second-order valence-corrected chi connectivity index (χ2v) is 7.12. The summed E-state index contributed by atoms with van der Waals surface area (Å²) in [5, 5.41) is 3.14. The smallest absolute Gasteiger partial charge is 0.282 e. The van der Waals surface area contributed by atoms with Gasteiger partial charge in [0.25, 0.3) is 11.8 Å². The van der Waals surface area contributed by atoms with Gasteiger partial charge in [-0.05, 0) is 36.8 Å². The number of hydrogen-bond acceptors (Lipinski definition) is 5. The van der Waals surface area contributed by atoms with E-state index in [1.54, 1.807) is 44.6 Å². The second kappa shape index (κ2) is 8.36. The normalized spacial score (nSPS) is 13.6. The quantitative estimate of drug-likeness (QED) is 0.605. The SMILES string of the molecule is COc1cccc(NC2=C(c3ccc(C)cc3)C(=O)N(c3cccc(OC)c3)C2=O)c1. The number of carbonyl (C=O) groups excluding carboxylic acids is 2. The van der Waals surface area contributed by atoms with Crippen LogP contribution in [-0.4, -0.2) is 26.0 Å². The molecule has 0 atom stereocenters. The largest absolute Gasteiger partial charge is 0.497 e. The molecule has 3 aromatic rings. The third kappa shape index (κ3) is 3.88. The predicted molar refractivity (Wildman–Crippen MR) is 120 cm³/mol. The van der Waals surface area contributed by atoms with Crippen molar-refractivity contribution in [3.8, 4) is 11.5 Å². The molecule has 0 spiro atoms. The van der Waals surface area contributed by atoms with Crippen LogP contribution in [0.5, 0.6) is 11.5 Å². The topological polar surface area (TPSA) is 67.9 Å². The molecule has 6 nitrogen and oxygen atoms in total. The van der Waals surface area contributed by atoms with E-state index in [1.807, 2.05) is 49.4 Å². The summed E-state index contributed by atoms with van der Waals surface area (Å²) in [6, 6.07) is 21.6. The van der Waals surface area contributed by atoms with Crippen LogP contribution in [0.15, 0.2) is 78.5 Å². The molecular formula is C25H22N2O4. The van der Waals surface area contributed by atoms with Gasteiger partial charge >= 0.3 is 0 Å². The Hall–Kier alpha value is -4.06. The second-order valence-electron chi connectivity index (χ2n) is 7.12. The molecule has 0 bridgehead atoms. The van der Waals surface area contributed by atoms with Crippen LogP contribution in [0.25, 0.3) is 5.57 Å². The number of hydrogen-bond donors (Lipinski definition) is 1. The number of ether oxygens (including phenoxy) is 2. The van der Waals surface area contributed by atoms with Crippen LogP contribution >= 0.6 is 0 Å². The van der Waals surface area contributed by atoms with E-state index in [0.29, 0.717) is 34.0 Å². The molecule has 156 valence electrons. The number of nitrogens with zero attached hydrogens (tertiary/aromatic N) is 1. The Kier molecular flexibility index (Phi) is 5.45. The number of carbonyl (C=O) groups is 2. The maximum atomic E-state index is 13.5. The predicted octanol–water partition coefficient (Wildman–Crippen LogP) is 4.41. The first-order valence-electron chi connectivity index (χ1n) is 9.77. The van der Waals surface area contributed by atoms with Crippen LogP contribution in [-0.2, 0) is 9.59 Å². The van der Waals surface area contributed by atoms with Crippen molar-refractivity contribution in [2.45, 2.75) is 6.92 Å². The Morgan fingerprint density at radius 3 is 2.10 bits per heavy atom. The van der Waals surface area contributed by atoms with Crippen LogP contribution in [0.3, 0.4) is 0 Å². The molecule has 0 unspecified atom stereocenters. The van der Waals surface area contributed by atoms with E-state index in [0.717, 1.165) is 5.56 Å². The molecule has 4 rings (SSSR count). The monoisotopic (exact) mass is 414 g/mol. The first kappa shape index (κ1) is 20.2. The van der Waals surface area contributed by atoms with Crippen molar-refractivity contribution in [2.75, 3.05) is 24.4 Å². The van der Waals surface area contributed by atoms with E-state index < -0.39 is 11.8 Å². The number of anilines is 2. The number of rotatable bonds is 6. The summed E-state index contributed by atoms with van der Waals surface area (Å²) in [5.74, 6) is 0.372. The fourth-order valence-corrected chi connectivity index (χ4v) is 3.46. The van der Waals surface area contributed by atoms with Crippen molar-refractivity contribution < 1.29 is 19.1 Å². The van der Waals surface area contributed by atoms with Gasteiger partial charge < -0.3 is 14.8 Å². The lowest BCUT2D eigenvalue weighted by Crippen LogP contribution is -2.32. The number of imide groups is 1. The lowest BCUT2D eigenvalue weighted by molar-refractivity contribution is -0.120. The van der Waals surface area contributed by atoms with Crippen LogP contribution in [0.1, 0.15) is 11.1 Å². The molecule has 1 aliphatic rings. The summed E-state index contributed by atoms with van der Waals surface area (Å²) in [4.78, 5) is 28.1. The molecule has 0 aromatic heterocycles. The maximum Gasteiger partial charge on any atom is 0.282 e. The van der Waals surface area contributed by atoms with E-state index in [4.69, 9.17) is 9.47 Å². The first-order valence-corrected chi connectivity index (χ1v) is 9.77. The van der Waals surface area contributed by atoms with E-state index in [2.05, 4.69) is 5.32 Å². The Labute approximate surface area is 180 Å². The van der Waals surface area contributed by atoms with Crippen molar-refractivity contribution >= 4 is 28.8 Å². The summed E-state index contributed by atoms with van der Waals surface area (Å²) in [6.45, 7) is 1.97. The zero-order valence-corrected chi connectivity index (χ0v) is 17.5. The van der Waals surface area contributed by atoms with Gasteiger partial charge in [-0.2, -0.15) is 0 Å². The molecule has 0 fully saturated rings. The minimum atomic E-state index is -0.434. The number of benzene rings is 3. The Bertz CT molecular complexity index is 1180. The van der Waals surface area contributed by atoms with Crippen molar-refractivity contribution in [1.82, 2.24) is 0 Å². The van der Waals surface area contributed by atoms with Gasteiger partial charge in [0.05, 0.1) is 25.5 Å². The van der Waals surface area contributed by atoms with E-state index in [-0.39, 0.29) is 5.70 Å². The molecule has 0 saturated heterocycles. The van der Waals surface area contributed by atoms with Crippen molar-refractivity contribution in [2.24, 2.45) is 0 Å². The van der Waals surface area contributed by atoms with Crippen LogP contribution < -0.4 is 19.7 Å². The third-order valence-electron chi connectivity index (χ3n) is 5.07. The van der Waals surface area contributed by atoms with Gasteiger partial charge in [0, 0.05) is 17.8 Å². The van der Waals surface area contributed by atoms with Gasteiger partial charge in [-0.15, -0.1) is 0 Å². The van der Waals surface area contributed by atoms with E-state index in [9.17, 15) is 9.59 Å². The summed E-state index contributed by atoms with van der Waals surface area (Å²) in [5.41, 5.74) is 3.35. The third-order valence-corrected chi connectivity index (χ3v) is 5.07. The minimum Gasteiger partial charge on any atom is -0.497 e. The Balaban J connectivity index is 1.81. The fraction of sp³-hybridized carbons (Fsp3) is 0.120. The summed E-state index contributed by atoms with van der Waals surface area (Å²) in [6.07, 6.45) is 0. The molecule has 2 amide bonds. The first-order chi connectivity index (χ1) is 15.0. The Morgan fingerprint density at radius 2 is 1.42 bits per heavy atom. The highest BCUT2D eigenvalue weighted by atomic mass is 16.5. The van der Waals surface area contributed by atoms with Gasteiger partial charge in [0.15, 0.2) is 0 Å². The van der Waals surface area contributed by atoms with Crippen LogP contribution in [0.4, 0.5) is 11.4 Å². The molecule has 3 aromatic carbocycles. The highest BCUT2D eigenvalue weighted by Crippen LogP contribution is 2.35. The molecule has 1 heterocycles. The average Bonchev–Trinajstić information content (AvgIpc) is 3.04. The van der Waals surface area contributed by atoms with Crippen molar-refractivity contribution in [1.29, 1.82) is 0 Å². The van der Waals surface area contributed by atoms with E-state index in [1.165, 1.54) is 4.90 Å². The molecule has 31 heavy (non-hydrogen) atoms. The number of methoxy groups -OCH3 is 2. The highest BCUT2D eigenvalue weighted by Gasteiger charge is 2.40. The van der Waals surface area contributed by atoms with Crippen molar-refractivity contribution in [3.63, 3.8) is 0 Å². The van der Waals surface area contributed by atoms with Gasteiger partial charge in [-0.1, -0.05) is 42.0 Å². The van der Waals surface area contributed by atoms with E-state index >= 15 is 0 Å². The summed E-state index contributed by atoms with van der Waals surface area (Å²) < 4.78 is 10.5. The van der Waals surface area contributed by atoms with Gasteiger partial charge in [0.2, 0.25) is 0 Å². The lowest BCUT2D eigenvalue weighted by atomic mass is 10.0. The molecule has 1 N–H and O–H groups in total. The minimum absolute atomic E-state index is 0.213.